The lowest BCUT2D eigenvalue weighted by Crippen LogP contribution is -3.12. The standard InChI is InChI=1S/C18H21N5S3/c1-2-9-19-17-21-23(18(24)26-17)12-22-10-5-6-13(11-22)16-20-14-7-3-4-8-15(14)25-16/h2-4,7-8,13H,1,5-6,9-12H2,(H,19,21)/p+1/t13-/m0/s1. The van der Waals surface area contributed by atoms with Crippen molar-refractivity contribution < 1.29 is 4.90 Å². The van der Waals surface area contributed by atoms with Gasteiger partial charge in [-0.05, 0) is 37.2 Å². The smallest absolute Gasteiger partial charge is 0.205 e. The number of nitrogens with zero attached hydrogens (tertiary/aromatic N) is 3. The first-order chi connectivity index (χ1) is 12.7. The van der Waals surface area contributed by atoms with E-state index in [1.807, 2.05) is 22.1 Å². The van der Waals surface area contributed by atoms with Crippen molar-refractivity contribution in [2.45, 2.75) is 25.4 Å². The first-order valence-corrected chi connectivity index (χ1v) is 10.9. The molecule has 0 saturated carbocycles. The second kappa shape index (κ2) is 7.96. The summed E-state index contributed by atoms with van der Waals surface area (Å²) in [5.41, 5.74) is 1.12. The molecule has 2 N–H and O–H groups in total. The predicted molar refractivity (Wildman–Crippen MR) is 112 cm³/mol. The topological polar surface area (TPSA) is 47.2 Å². The van der Waals surface area contributed by atoms with Crippen LogP contribution in [-0.2, 0) is 6.67 Å². The molecule has 1 aliphatic heterocycles. The molecule has 4 rings (SSSR count). The minimum atomic E-state index is 0.530. The fourth-order valence-electron chi connectivity index (χ4n) is 3.42. The van der Waals surface area contributed by atoms with Gasteiger partial charge in [0.05, 0.1) is 29.2 Å². The number of piperidine rings is 1. The molecule has 0 spiro atoms. The van der Waals surface area contributed by atoms with E-state index >= 15 is 0 Å². The fourth-order valence-corrected chi connectivity index (χ4v) is 5.53. The maximum absolute atomic E-state index is 5.49. The quantitative estimate of drug-likeness (QED) is 0.489. The predicted octanol–water partition coefficient (Wildman–Crippen LogP) is 3.30. The second-order valence-electron chi connectivity index (χ2n) is 6.56. The summed E-state index contributed by atoms with van der Waals surface area (Å²) in [5.74, 6) is 0.530. The number of hydrogen-bond donors (Lipinski definition) is 2. The molecule has 1 saturated heterocycles. The average Bonchev–Trinajstić information content (AvgIpc) is 3.24. The maximum Gasteiger partial charge on any atom is 0.205 e. The van der Waals surface area contributed by atoms with Crippen LogP contribution in [0.4, 0.5) is 5.13 Å². The van der Waals surface area contributed by atoms with Crippen molar-refractivity contribution in [3.63, 3.8) is 0 Å². The van der Waals surface area contributed by atoms with Gasteiger partial charge in [0.1, 0.15) is 5.01 Å². The van der Waals surface area contributed by atoms with E-state index in [0.717, 1.165) is 34.4 Å². The Balaban J connectivity index is 1.46. The van der Waals surface area contributed by atoms with Gasteiger partial charge in [-0.25, -0.2) is 4.98 Å². The molecule has 1 aliphatic rings. The van der Waals surface area contributed by atoms with E-state index in [-0.39, 0.29) is 0 Å². The number of para-hydroxylation sites is 1. The number of benzene rings is 1. The summed E-state index contributed by atoms with van der Waals surface area (Å²) >= 11 is 8.86. The zero-order valence-corrected chi connectivity index (χ0v) is 16.9. The highest BCUT2D eigenvalue weighted by molar-refractivity contribution is 7.73. The van der Waals surface area contributed by atoms with Crippen LogP contribution >= 0.6 is 34.9 Å². The number of thiazole rings is 1. The van der Waals surface area contributed by atoms with Gasteiger partial charge in [-0.15, -0.1) is 23.0 Å². The highest BCUT2D eigenvalue weighted by atomic mass is 32.1. The van der Waals surface area contributed by atoms with Gasteiger partial charge >= 0.3 is 0 Å². The van der Waals surface area contributed by atoms with Gasteiger partial charge in [-0.1, -0.05) is 29.5 Å². The molecule has 0 aliphatic carbocycles. The van der Waals surface area contributed by atoms with E-state index in [4.69, 9.17) is 17.2 Å². The monoisotopic (exact) mass is 404 g/mol. The molecule has 3 aromatic rings. The molecular formula is C18H22N5S3+. The van der Waals surface area contributed by atoms with E-state index in [1.54, 1.807) is 0 Å². The summed E-state index contributed by atoms with van der Waals surface area (Å²) in [5, 5.41) is 9.98. The average molecular weight is 405 g/mol. The summed E-state index contributed by atoms with van der Waals surface area (Å²) in [6.45, 7) is 7.51. The van der Waals surface area contributed by atoms with Crippen LogP contribution in [0.1, 0.15) is 23.8 Å². The molecule has 3 heterocycles. The van der Waals surface area contributed by atoms with Crippen molar-refractivity contribution in [1.29, 1.82) is 0 Å². The number of anilines is 1. The normalized spacial score (nSPS) is 20.3. The highest BCUT2D eigenvalue weighted by Gasteiger charge is 2.27. The van der Waals surface area contributed by atoms with Crippen LogP contribution in [0, 0.1) is 3.95 Å². The molecule has 8 heteroatoms. The van der Waals surface area contributed by atoms with Crippen molar-refractivity contribution in [3.8, 4) is 0 Å². The molecule has 5 nitrogen and oxygen atoms in total. The van der Waals surface area contributed by atoms with Crippen LogP contribution in [0.15, 0.2) is 36.9 Å². The van der Waals surface area contributed by atoms with Crippen LogP contribution < -0.4 is 10.2 Å². The third-order valence-electron chi connectivity index (χ3n) is 4.65. The third kappa shape index (κ3) is 3.88. The molecular weight excluding hydrogens is 382 g/mol. The van der Waals surface area contributed by atoms with Gasteiger partial charge in [0.15, 0.2) is 10.6 Å². The molecule has 2 aromatic heterocycles. The van der Waals surface area contributed by atoms with Gasteiger partial charge < -0.3 is 10.2 Å². The summed E-state index contributed by atoms with van der Waals surface area (Å²) in [7, 11) is 0. The molecule has 2 atom stereocenters. The molecule has 26 heavy (non-hydrogen) atoms. The number of nitrogens with one attached hydrogen (secondary N) is 2. The Morgan fingerprint density at radius 2 is 2.27 bits per heavy atom. The van der Waals surface area contributed by atoms with Crippen LogP contribution in [-0.4, -0.2) is 34.4 Å². The zero-order valence-electron chi connectivity index (χ0n) is 14.5. The summed E-state index contributed by atoms with van der Waals surface area (Å²) in [6, 6.07) is 8.42. The number of hydrogen-bond acceptors (Lipinski definition) is 6. The molecule has 1 unspecified atom stereocenters. The Kier molecular flexibility index (Phi) is 5.44. The van der Waals surface area contributed by atoms with Crippen molar-refractivity contribution >= 4 is 50.2 Å². The van der Waals surface area contributed by atoms with Crippen LogP contribution in [0.3, 0.4) is 0 Å². The van der Waals surface area contributed by atoms with E-state index in [0.29, 0.717) is 12.5 Å². The Morgan fingerprint density at radius 3 is 3.12 bits per heavy atom. The van der Waals surface area contributed by atoms with Gasteiger partial charge in [0.2, 0.25) is 5.13 Å². The Bertz CT molecular complexity index is 924. The molecule has 1 aromatic carbocycles. The largest absolute Gasteiger partial charge is 0.357 e. The number of quaternary nitrogens is 1. The fraction of sp³-hybridized carbons (Fsp3) is 0.389. The van der Waals surface area contributed by atoms with Crippen LogP contribution in [0.2, 0.25) is 0 Å². The maximum atomic E-state index is 5.49. The first kappa shape index (κ1) is 17.8. The minimum Gasteiger partial charge on any atom is -0.357 e. The molecule has 136 valence electrons. The molecule has 0 amide bonds. The lowest BCUT2D eigenvalue weighted by molar-refractivity contribution is -0.929. The van der Waals surface area contributed by atoms with Gasteiger partial charge in [0, 0.05) is 6.54 Å². The Labute approximate surface area is 166 Å². The molecule has 1 fully saturated rings. The zero-order chi connectivity index (χ0) is 17.9. The van der Waals surface area contributed by atoms with E-state index in [2.05, 4.69) is 41.3 Å². The molecule has 0 bridgehead atoms. The van der Waals surface area contributed by atoms with Gasteiger partial charge in [0.25, 0.3) is 0 Å². The number of fused-ring (bicyclic) bond motifs is 1. The Morgan fingerprint density at radius 1 is 1.38 bits per heavy atom. The van der Waals surface area contributed by atoms with Crippen molar-refractivity contribution in [2.24, 2.45) is 0 Å². The van der Waals surface area contributed by atoms with Crippen LogP contribution in [0.5, 0.6) is 0 Å². The number of likely N-dealkylation sites (tertiary alicyclic amines) is 1. The number of rotatable bonds is 6. The van der Waals surface area contributed by atoms with E-state index < -0.39 is 0 Å². The first-order valence-electron chi connectivity index (χ1n) is 8.84. The van der Waals surface area contributed by atoms with Crippen molar-refractivity contribution in [3.05, 3.63) is 45.9 Å². The van der Waals surface area contributed by atoms with E-state index in [9.17, 15) is 0 Å². The van der Waals surface area contributed by atoms with Gasteiger partial charge in [-0.3, -0.25) is 0 Å². The second-order valence-corrected chi connectivity index (χ2v) is 9.25. The van der Waals surface area contributed by atoms with Crippen molar-refractivity contribution in [2.75, 3.05) is 25.0 Å². The highest BCUT2D eigenvalue weighted by Crippen LogP contribution is 2.30. The van der Waals surface area contributed by atoms with Crippen LogP contribution in [0.25, 0.3) is 10.2 Å². The lowest BCUT2D eigenvalue weighted by Gasteiger charge is -2.28. The molecule has 0 radical (unpaired) electrons. The SMILES string of the molecule is C=CCNc1nn(C[NH+]2CCC[C@H](c3nc4ccccc4s3)C2)c(=S)s1. The Hall–Kier alpha value is -1.61. The summed E-state index contributed by atoms with van der Waals surface area (Å²) in [4.78, 5) is 6.40. The lowest BCUT2D eigenvalue weighted by atomic mass is 9.99. The summed E-state index contributed by atoms with van der Waals surface area (Å²) in [6.07, 6.45) is 4.26. The van der Waals surface area contributed by atoms with E-state index in [1.165, 1.54) is 38.8 Å². The summed E-state index contributed by atoms with van der Waals surface area (Å²) < 4.78 is 4.07. The van der Waals surface area contributed by atoms with Gasteiger partial charge in [-0.2, -0.15) is 4.68 Å². The third-order valence-corrected chi connectivity index (χ3v) is 7.12. The number of aromatic nitrogens is 3. The van der Waals surface area contributed by atoms with Crippen molar-refractivity contribution in [1.82, 2.24) is 14.8 Å². The minimum absolute atomic E-state index is 0.530.